The number of aromatic nitrogens is 2. The van der Waals surface area contributed by atoms with E-state index in [1.807, 2.05) is 13.8 Å². The topological polar surface area (TPSA) is 233 Å². The highest BCUT2D eigenvalue weighted by atomic mass is 19.1. The van der Waals surface area contributed by atoms with Crippen LogP contribution >= 0.6 is 0 Å². The summed E-state index contributed by atoms with van der Waals surface area (Å²) in [5, 5.41) is 18.2. The van der Waals surface area contributed by atoms with E-state index in [1.165, 1.54) is 35.1 Å². The number of pyridine rings is 2. The lowest BCUT2D eigenvalue weighted by Gasteiger charge is -2.35. The Labute approximate surface area is 439 Å². The number of hydrogen-bond donors (Lipinski definition) is 3. The van der Waals surface area contributed by atoms with Gasteiger partial charge >= 0.3 is 6.09 Å². The Balaban J connectivity index is 0.794. The summed E-state index contributed by atoms with van der Waals surface area (Å²) >= 11 is 0. The number of nitrogens with zero attached hydrogens (tertiary/aromatic N) is 4. The van der Waals surface area contributed by atoms with Gasteiger partial charge < -0.3 is 34.5 Å². The number of aryl methyl sites for hydroxylation is 1. The Hall–Kier alpha value is -7.38. The third kappa shape index (κ3) is 11.3. The number of nitrogens with one attached hydrogen (secondary N) is 2. The van der Waals surface area contributed by atoms with Crippen LogP contribution in [0.3, 0.4) is 0 Å². The third-order valence-electron chi connectivity index (χ3n) is 15.1. The zero-order chi connectivity index (χ0) is 54.7. The van der Waals surface area contributed by atoms with Gasteiger partial charge in [0.05, 0.1) is 41.1 Å². The second-order valence-electron chi connectivity index (χ2n) is 20.6. The summed E-state index contributed by atoms with van der Waals surface area (Å²) in [6, 6.07) is 8.66. The highest BCUT2D eigenvalue weighted by Crippen LogP contribution is 2.47. The Morgan fingerprint density at radius 3 is 2.41 bits per heavy atom. The number of ketones is 2. The summed E-state index contributed by atoms with van der Waals surface area (Å²) in [5.74, 6) is -2.84. The van der Waals surface area contributed by atoms with Gasteiger partial charge in [0.15, 0.2) is 5.78 Å². The van der Waals surface area contributed by atoms with Crippen molar-refractivity contribution in [1.29, 1.82) is 0 Å². The molecule has 3 N–H and O–H groups in total. The molecular weight excluding hydrogens is 980 g/mol. The van der Waals surface area contributed by atoms with E-state index in [0.29, 0.717) is 88.9 Å². The lowest BCUT2D eigenvalue weighted by atomic mass is 9.81. The van der Waals surface area contributed by atoms with Crippen LogP contribution in [0.5, 0.6) is 0 Å². The van der Waals surface area contributed by atoms with Gasteiger partial charge in [0.1, 0.15) is 49.5 Å². The molecular formula is C57H65FN6O12. The molecule has 8 rings (SSSR count). The Kier molecular flexibility index (Phi) is 16.5. The van der Waals surface area contributed by atoms with E-state index in [9.17, 15) is 43.5 Å². The van der Waals surface area contributed by atoms with Crippen LogP contribution in [-0.4, -0.2) is 98.7 Å². The zero-order valence-corrected chi connectivity index (χ0v) is 43.8. The molecule has 76 heavy (non-hydrogen) atoms. The Bertz CT molecular complexity index is 3110. The number of imide groups is 1. The average Bonchev–Trinajstić information content (AvgIpc) is 4.02. The molecule has 0 unspecified atom stereocenters. The number of carbonyl (C=O) groups is 7. The van der Waals surface area contributed by atoms with Gasteiger partial charge in [0.2, 0.25) is 11.8 Å². The van der Waals surface area contributed by atoms with Gasteiger partial charge in [-0.05, 0) is 85.8 Å². The second kappa shape index (κ2) is 22.8. The number of ether oxygens (including phenoxy) is 3. The lowest BCUT2D eigenvalue weighted by Crippen LogP contribution is -2.44. The molecule has 0 saturated carbocycles. The summed E-state index contributed by atoms with van der Waals surface area (Å²) < 4.78 is 33.8. The fourth-order valence-corrected chi connectivity index (χ4v) is 10.5. The molecule has 3 aliphatic heterocycles. The number of unbranched alkanes of at least 4 members (excludes halogenated alkanes) is 2. The number of aliphatic hydroxyl groups is 1. The summed E-state index contributed by atoms with van der Waals surface area (Å²) in [6.07, 6.45) is 5.02. The maximum absolute atomic E-state index is 15.4. The number of halogens is 1. The molecule has 4 aliphatic rings. The molecule has 5 heterocycles. The Morgan fingerprint density at radius 2 is 1.71 bits per heavy atom. The van der Waals surface area contributed by atoms with E-state index >= 15 is 4.39 Å². The van der Waals surface area contributed by atoms with Crippen LogP contribution in [0, 0.1) is 24.6 Å². The number of fused-ring (bicyclic) bond motifs is 5. The van der Waals surface area contributed by atoms with Crippen molar-refractivity contribution < 1.29 is 57.3 Å². The predicted molar refractivity (Wildman–Crippen MR) is 276 cm³/mol. The smallest absolute Gasteiger partial charge is 0.411 e. The van der Waals surface area contributed by atoms with Gasteiger partial charge in [-0.1, -0.05) is 58.0 Å². The molecule has 0 radical (unpaired) electrons. The van der Waals surface area contributed by atoms with Gasteiger partial charge in [-0.15, -0.1) is 0 Å². The summed E-state index contributed by atoms with van der Waals surface area (Å²) in [7, 11) is 1.46. The summed E-state index contributed by atoms with van der Waals surface area (Å²) in [5.41, 5.74) is 4.14. The van der Waals surface area contributed by atoms with E-state index in [1.54, 1.807) is 55.7 Å². The van der Waals surface area contributed by atoms with Crippen LogP contribution in [-0.2, 0) is 81.2 Å². The van der Waals surface area contributed by atoms with Crippen LogP contribution in [0.15, 0.2) is 65.7 Å². The Morgan fingerprint density at radius 1 is 1.00 bits per heavy atom. The second-order valence-corrected chi connectivity index (χ2v) is 20.6. The molecule has 4 aromatic rings. The maximum Gasteiger partial charge on any atom is 0.411 e. The standard InChI is InChI=1S/C57H65FN6O12/c1-8-57(73)34(6)75-28-41-42(57)24-46-53-40(26-64(46)55(41)71)52-44(18-17-38-32(4)43(58)25-45(61-53)51(38)52)60-48(67)29-74-30-62(7)56(72)76-27-36-15-13-35(14-16-36)22-47(66)33(5)59-54(70)39(31(2)3)23-37(65)12-10-9-11-21-63-49(68)19-20-50(63)69/h13-16,19-20,24-25,31,33,39,44,73H,6,8-12,17-18,21-23,26-30H2,1-5,7H3,(H,59,70)(H,60,67)/t33-,39-,44-,57+/m0/s1. The van der Waals surface area contributed by atoms with Crippen molar-refractivity contribution in [2.75, 3.05) is 26.9 Å². The van der Waals surface area contributed by atoms with E-state index < -0.39 is 48.0 Å². The SMILES string of the molecule is C=C1OCc2c(cc3n(c2=O)Cc2c-3nc3cc(F)c(C)c4c3c2[C@@H](NC(=O)COCN(C)C(=O)OCc2ccc(CC(=O)[C@H](C)NC(=O)[C@@H](CC(=O)CCCCCN3C(=O)C=CC3=O)C(C)C)cc2)CC4)[C@@]1(O)CC. The average molecular weight is 1050 g/mol. The van der Waals surface area contributed by atoms with Crippen molar-refractivity contribution in [3.8, 4) is 11.4 Å². The zero-order valence-electron chi connectivity index (χ0n) is 43.8. The molecule has 2 aromatic carbocycles. The van der Waals surface area contributed by atoms with Gasteiger partial charge in [0.25, 0.3) is 17.4 Å². The first-order chi connectivity index (χ1) is 36.2. The number of Topliss-reactive ketones (excluding diaryl/α,β-unsaturated/α-hetero) is 2. The number of rotatable bonds is 22. The number of benzene rings is 2. The van der Waals surface area contributed by atoms with Crippen molar-refractivity contribution in [2.24, 2.45) is 11.8 Å². The highest BCUT2D eigenvalue weighted by molar-refractivity contribution is 6.12. The molecule has 1 aliphatic carbocycles. The number of hydrogen-bond acceptors (Lipinski definition) is 13. The molecule has 0 fully saturated rings. The molecule has 0 bridgehead atoms. The maximum atomic E-state index is 15.4. The van der Waals surface area contributed by atoms with Crippen LogP contribution < -0.4 is 16.2 Å². The van der Waals surface area contributed by atoms with Crippen molar-refractivity contribution in [2.45, 2.75) is 130 Å². The monoisotopic (exact) mass is 1040 g/mol. The summed E-state index contributed by atoms with van der Waals surface area (Å²) in [4.78, 5) is 111. The van der Waals surface area contributed by atoms with Gasteiger partial charge in [-0.3, -0.25) is 43.4 Å². The largest absolute Gasteiger partial charge is 0.490 e. The quantitative estimate of drug-likeness (QED) is 0.0399. The van der Waals surface area contributed by atoms with E-state index in [2.05, 4.69) is 17.2 Å². The normalized spacial score (nSPS) is 18.0. The van der Waals surface area contributed by atoms with E-state index in [0.717, 1.165) is 16.5 Å². The number of amides is 5. The van der Waals surface area contributed by atoms with Gasteiger partial charge in [-0.25, -0.2) is 14.2 Å². The summed E-state index contributed by atoms with van der Waals surface area (Å²) in [6.45, 7) is 12.3. The van der Waals surface area contributed by atoms with E-state index in [-0.39, 0.29) is 98.7 Å². The van der Waals surface area contributed by atoms with Crippen molar-refractivity contribution in [1.82, 2.24) is 30.0 Å². The van der Waals surface area contributed by atoms with E-state index in [4.69, 9.17) is 19.2 Å². The van der Waals surface area contributed by atoms with Crippen LogP contribution in [0.2, 0.25) is 0 Å². The van der Waals surface area contributed by atoms with Crippen molar-refractivity contribution in [3.63, 3.8) is 0 Å². The fraction of sp³-hybridized carbons (Fsp3) is 0.456. The minimum atomic E-state index is -1.59. The third-order valence-corrected chi connectivity index (χ3v) is 15.1. The molecule has 5 amide bonds. The molecule has 19 heteroatoms. The minimum absolute atomic E-state index is 0.0311. The molecule has 0 saturated heterocycles. The molecule has 402 valence electrons. The van der Waals surface area contributed by atoms with Crippen LogP contribution in [0.1, 0.15) is 123 Å². The predicted octanol–water partition coefficient (Wildman–Crippen LogP) is 6.19. The molecule has 4 atom stereocenters. The highest BCUT2D eigenvalue weighted by Gasteiger charge is 2.43. The van der Waals surface area contributed by atoms with Crippen LogP contribution in [0.25, 0.3) is 22.3 Å². The molecule has 2 aromatic heterocycles. The molecule has 18 nitrogen and oxygen atoms in total. The van der Waals surface area contributed by atoms with Gasteiger partial charge in [-0.2, -0.15) is 0 Å². The van der Waals surface area contributed by atoms with Crippen molar-refractivity contribution in [3.05, 3.63) is 122 Å². The van der Waals surface area contributed by atoms with Gasteiger partial charge in [0, 0.05) is 73.5 Å². The first-order valence-electron chi connectivity index (χ1n) is 25.9. The fourth-order valence-electron chi connectivity index (χ4n) is 10.5. The minimum Gasteiger partial charge on any atom is -0.490 e. The number of carbonyl (C=O) groups excluding carboxylic acids is 7. The molecule has 0 spiro atoms. The van der Waals surface area contributed by atoms with Crippen LogP contribution in [0.4, 0.5) is 9.18 Å². The first kappa shape index (κ1) is 54.9. The lowest BCUT2D eigenvalue weighted by molar-refractivity contribution is -0.137. The first-order valence-corrected chi connectivity index (χ1v) is 25.9. The van der Waals surface area contributed by atoms with Crippen molar-refractivity contribution >= 4 is 52.2 Å².